The van der Waals surface area contributed by atoms with E-state index in [1.165, 1.54) is 6.07 Å². The smallest absolute Gasteiger partial charge is 0.335 e. The molecular weight excluding hydrogens is 256 g/mol. The third kappa shape index (κ3) is 3.14. The van der Waals surface area contributed by atoms with Gasteiger partial charge in [0.05, 0.1) is 17.4 Å². The Morgan fingerprint density at radius 3 is 2.75 bits per heavy atom. The molecule has 6 nitrogen and oxygen atoms in total. The molecular formula is C14H18N4O2. The first-order chi connectivity index (χ1) is 9.49. The van der Waals surface area contributed by atoms with Crippen LogP contribution in [0.3, 0.4) is 0 Å². The summed E-state index contributed by atoms with van der Waals surface area (Å²) in [5.74, 6) is -0.437. The lowest BCUT2D eigenvalue weighted by Gasteiger charge is -2.07. The first-order valence-corrected chi connectivity index (χ1v) is 6.55. The van der Waals surface area contributed by atoms with E-state index in [4.69, 9.17) is 5.11 Å². The molecule has 106 valence electrons. The van der Waals surface area contributed by atoms with Crippen LogP contribution in [0.1, 0.15) is 42.9 Å². The van der Waals surface area contributed by atoms with Crippen LogP contribution in [0.5, 0.6) is 0 Å². The summed E-state index contributed by atoms with van der Waals surface area (Å²) in [7, 11) is 0. The summed E-state index contributed by atoms with van der Waals surface area (Å²) in [6.45, 7) is 6.01. The van der Waals surface area contributed by atoms with E-state index in [9.17, 15) is 4.79 Å². The van der Waals surface area contributed by atoms with E-state index in [2.05, 4.69) is 15.4 Å². The van der Waals surface area contributed by atoms with Gasteiger partial charge in [-0.1, -0.05) is 6.92 Å². The van der Waals surface area contributed by atoms with Gasteiger partial charge in [-0.05, 0) is 32.4 Å². The Labute approximate surface area is 117 Å². The molecule has 0 fully saturated rings. The number of nitrogens with zero attached hydrogens (tertiary/aromatic N) is 3. The van der Waals surface area contributed by atoms with Crippen LogP contribution in [0.25, 0.3) is 0 Å². The molecule has 6 heteroatoms. The molecule has 0 radical (unpaired) electrons. The van der Waals surface area contributed by atoms with Gasteiger partial charge in [0.2, 0.25) is 0 Å². The molecule has 20 heavy (non-hydrogen) atoms. The summed E-state index contributed by atoms with van der Waals surface area (Å²) in [5, 5.41) is 16.4. The minimum atomic E-state index is -0.956. The van der Waals surface area contributed by atoms with Crippen LogP contribution in [0.4, 0.5) is 11.5 Å². The second kappa shape index (κ2) is 5.73. The highest BCUT2D eigenvalue weighted by Gasteiger charge is 2.09. The number of carboxylic acids is 1. The van der Waals surface area contributed by atoms with Crippen molar-refractivity contribution >= 4 is 17.5 Å². The van der Waals surface area contributed by atoms with Crippen molar-refractivity contribution in [3.63, 3.8) is 0 Å². The lowest BCUT2D eigenvalue weighted by atomic mass is 10.2. The molecule has 0 unspecified atom stereocenters. The highest BCUT2D eigenvalue weighted by atomic mass is 16.4. The summed E-state index contributed by atoms with van der Waals surface area (Å²) in [5.41, 5.74) is 1.76. The van der Waals surface area contributed by atoms with Crippen LogP contribution < -0.4 is 5.32 Å². The van der Waals surface area contributed by atoms with Crippen LogP contribution in [0, 0.1) is 0 Å². The number of carbonyl (C=O) groups is 1. The monoisotopic (exact) mass is 274 g/mol. The van der Waals surface area contributed by atoms with Crippen molar-refractivity contribution in [1.29, 1.82) is 0 Å². The Kier molecular flexibility index (Phi) is 4.02. The number of rotatable bonds is 5. The fraction of sp³-hybridized carbons (Fsp3) is 0.357. The summed E-state index contributed by atoms with van der Waals surface area (Å²) in [6.07, 6.45) is 4.24. The largest absolute Gasteiger partial charge is 0.478 e. The van der Waals surface area contributed by atoms with Crippen LogP contribution in [-0.2, 0) is 6.42 Å². The van der Waals surface area contributed by atoms with E-state index < -0.39 is 5.97 Å². The van der Waals surface area contributed by atoms with Gasteiger partial charge in [-0.3, -0.25) is 4.68 Å². The van der Waals surface area contributed by atoms with Gasteiger partial charge < -0.3 is 10.4 Å². The third-order valence-corrected chi connectivity index (χ3v) is 2.89. The average Bonchev–Trinajstić information content (AvgIpc) is 2.87. The van der Waals surface area contributed by atoms with Crippen molar-refractivity contribution in [2.75, 3.05) is 5.32 Å². The van der Waals surface area contributed by atoms with E-state index in [1.54, 1.807) is 12.3 Å². The number of hydrogen-bond donors (Lipinski definition) is 2. The summed E-state index contributed by atoms with van der Waals surface area (Å²) in [4.78, 5) is 15.5. The number of nitrogens with one attached hydrogen (secondary N) is 1. The molecule has 0 bridgehead atoms. The zero-order valence-electron chi connectivity index (χ0n) is 11.8. The molecule has 2 heterocycles. The maximum Gasteiger partial charge on any atom is 0.335 e. The molecule has 2 rings (SSSR count). The lowest BCUT2D eigenvalue weighted by molar-refractivity contribution is 0.0696. The van der Waals surface area contributed by atoms with Gasteiger partial charge >= 0.3 is 5.97 Å². The summed E-state index contributed by atoms with van der Waals surface area (Å²) in [6, 6.07) is 3.38. The molecule has 0 aliphatic carbocycles. The second-order valence-electron chi connectivity index (χ2n) is 4.82. The van der Waals surface area contributed by atoms with Crippen LogP contribution in [-0.4, -0.2) is 25.8 Å². The zero-order valence-corrected chi connectivity index (χ0v) is 11.8. The molecule has 2 N–H and O–H groups in total. The molecule has 0 amide bonds. The molecule has 0 saturated carbocycles. The van der Waals surface area contributed by atoms with Gasteiger partial charge in [0.1, 0.15) is 5.82 Å². The average molecular weight is 274 g/mol. The third-order valence-electron chi connectivity index (χ3n) is 2.89. The Bertz CT molecular complexity index is 619. The molecule has 0 atom stereocenters. The van der Waals surface area contributed by atoms with E-state index in [-0.39, 0.29) is 11.6 Å². The Morgan fingerprint density at radius 2 is 2.20 bits per heavy atom. The number of aryl methyl sites for hydroxylation is 1. The van der Waals surface area contributed by atoms with Crippen molar-refractivity contribution < 1.29 is 9.90 Å². The number of anilines is 2. The molecule has 2 aromatic rings. The van der Waals surface area contributed by atoms with Crippen LogP contribution in [0.2, 0.25) is 0 Å². The predicted molar refractivity (Wildman–Crippen MR) is 76.5 cm³/mol. The van der Waals surface area contributed by atoms with Gasteiger partial charge in [-0.2, -0.15) is 5.10 Å². The fourth-order valence-corrected chi connectivity index (χ4v) is 1.79. The van der Waals surface area contributed by atoms with Gasteiger partial charge in [0, 0.05) is 17.9 Å². The molecule has 0 saturated heterocycles. The Balaban J connectivity index is 2.27. The molecule has 0 aliphatic heterocycles. The summed E-state index contributed by atoms with van der Waals surface area (Å²) >= 11 is 0. The zero-order chi connectivity index (χ0) is 14.7. The topological polar surface area (TPSA) is 80.0 Å². The maximum absolute atomic E-state index is 11.1. The highest BCUT2D eigenvalue weighted by Crippen LogP contribution is 2.18. The van der Waals surface area contributed by atoms with Gasteiger partial charge in [-0.15, -0.1) is 0 Å². The summed E-state index contributed by atoms with van der Waals surface area (Å²) < 4.78 is 1.82. The second-order valence-corrected chi connectivity index (χ2v) is 4.82. The standard InChI is InChI=1S/C14H18N4O2/c1-4-11-5-10(14(19)20)6-13(16-11)17-12-7-15-18(8-12)9(2)3/h5-9H,4H2,1-3H3,(H,16,17)(H,19,20). The molecule has 2 aromatic heterocycles. The van der Waals surface area contributed by atoms with Gasteiger partial charge in [0.25, 0.3) is 0 Å². The Morgan fingerprint density at radius 1 is 1.45 bits per heavy atom. The Hall–Kier alpha value is -2.37. The van der Waals surface area contributed by atoms with Gasteiger partial charge in [0.15, 0.2) is 0 Å². The van der Waals surface area contributed by atoms with Crippen molar-refractivity contribution in [2.45, 2.75) is 33.2 Å². The maximum atomic E-state index is 11.1. The lowest BCUT2D eigenvalue weighted by Crippen LogP contribution is -2.03. The first-order valence-electron chi connectivity index (χ1n) is 6.55. The predicted octanol–water partition coefficient (Wildman–Crippen LogP) is 2.86. The first kappa shape index (κ1) is 14.0. The van der Waals surface area contributed by atoms with Crippen molar-refractivity contribution in [3.05, 3.63) is 35.8 Å². The normalized spacial score (nSPS) is 10.8. The minimum Gasteiger partial charge on any atom is -0.478 e. The van der Waals surface area contributed by atoms with E-state index in [0.717, 1.165) is 11.4 Å². The van der Waals surface area contributed by atoms with Crippen molar-refractivity contribution in [3.8, 4) is 0 Å². The number of hydrogen-bond acceptors (Lipinski definition) is 4. The quantitative estimate of drug-likeness (QED) is 0.876. The SMILES string of the molecule is CCc1cc(C(=O)O)cc(Nc2cnn(C(C)C)c2)n1. The van der Waals surface area contributed by atoms with Crippen molar-refractivity contribution in [2.24, 2.45) is 0 Å². The van der Waals surface area contributed by atoms with E-state index in [0.29, 0.717) is 12.2 Å². The number of aromatic nitrogens is 3. The molecule has 0 aromatic carbocycles. The highest BCUT2D eigenvalue weighted by molar-refractivity contribution is 5.88. The molecule has 0 spiro atoms. The van der Waals surface area contributed by atoms with Gasteiger partial charge in [-0.25, -0.2) is 9.78 Å². The fourth-order valence-electron chi connectivity index (χ4n) is 1.79. The number of pyridine rings is 1. The van der Waals surface area contributed by atoms with Crippen LogP contribution >= 0.6 is 0 Å². The number of carboxylic acid groups (broad SMARTS) is 1. The molecule has 0 aliphatic rings. The van der Waals surface area contributed by atoms with Crippen molar-refractivity contribution in [1.82, 2.24) is 14.8 Å². The van der Waals surface area contributed by atoms with Crippen LogP contribution in [0.15, 0.2) is 24.5 Å². The van der Waals surface area contributed by atoms with E-state index in [1.807, 2.05) is 31.6 Å². The minimum absolute atomic E-state index is 0.232. The number of aromatic carboxylic acids is 1. The van der Waals surface area contributed by atoms with E-state index >= 15 is 0 Å².